The van der Waals surface area contributed by atoms with Gasteiger partial charge in [0.15, 0.2) is 0 Å². The van der Waals surface area contributed by atoms with Crippen LogP contribution in [0.1, 0.15) is 36.8 Å². The van der Waals surface area contributed by atoms with E-state index in [4.69, 9.17) is 4.74 Å². The lowest BCUT2D eigenvalue weighted by Gasteiger charge is -2.16. The molecule has 0 aromatic heterocycles. The third-order valence-corrected chi connectivity index (χ3v) is 4.45. The largest absolute Gasteiger partial charge is 0.469 e. The Morgan fingerprint density at radius 1 is 1.27 bits per heavy atom. The van der Waals surface area contributed by atoms with Crippen LogP contribution < -0.4 is 0 Å². The highest BCUT2D eigenvalue weighted by Gasteiger charge is 2.32. The Labute approximate surface area is 131 Å². The number of ether oxygens (including phenoxy) is 1. The molecule has 1 aromatic carbocycles. The quantitative estimate of drug-likeness (QED) is 0.820. The van der Waals surface area contributed by atoms with Crippen molar-refractivity contribution in [1.82, 2.24) is 0 Å². The van der Waals surface area contributed by atoms with Gasteiger partial charge in [0.05, 0.1) is 19.1 Å². The molecule has 0 heterocycles. The topological polar surface area (TPSA) is 63.6 Å². The van der Waals surface area contributed by atoms with Gasteiger partial charge in [0.1, 0.15) is 5.78 Å². The minimum absolute atomic E-state index is 0.0686. The van der Waals surface area contributed by atoms with Gasteiger partial charge in [-0.3, -0.25) is 9.59 Å². The number of aliphatic hydroxyl groups excluding tert-OH is 1. The van der Waals surface area contributed by atoms with Crippen LogP contribution in [0.5, 0.6) is 0 Å². The van der Waals surface area contributed by atoms with E-state index in [2.05, 4.69) is 0 Å². The van der Waals surface area contributed by atoms with Crippen LogP contribution in [0.2, 0.25) is 0 Å². The molecular weight excluding hydrogens is 280 g/mol. The third kappa shape index (κ3) is 4.41. The molecule has 2 rings (SSSR count). The molecule has 4 heteroatoms. The molecule has 4 nitrogen and oxygen atoms in total. The molecular formula is C18H24O4. The number of benzene rings is 1. The van der Waals surface area contributed by atoms with Crippen molar-refractivity contribution in [3.05, 3.63) is 35.4 Å². The number of esters is 1. The highest BCUT2D eigenvalue weighted by molar-refractivity contribution is 5.86. The van der Waals surface area contributed by atoms with Crippen molar-refractivity contribution in [1.29, 1.82) is 0 Å². The van der Waals surface area contributed by atoms with E-state index in [0.717, 1.165) is 17.5 Å². The van der Waals surface area contributed by atoms with Gasteiger partial charge >= 0.3 is 5.97 Å². The standard InChI is InChI=1S/C18H24O4/c1-12-3-5-13(6-4-12)9-15(18(21)22-2)11-17(20)14-7-8-16(19)10-14/h3-6,14-16,19H,7-11H2,1-2H3/t14-,15-,16?/m1/s1. The van der Waals surface area contributed by atoms with E-state index in [1.54, 1.807) is 0 Å². The summed E-state index contributed by atoms with van der Waals surface area (Å²) in [5, 5.41) is 9.56. The Morgan fingerprint density at radius 3 is 2.50 bits per heavy atom. The molecule has 1 saturated carbocycles. The number of aliphatic hydroxyl groups is 1. The smallest absolute Gasteiger partial charge is 0.309 e. The second-order valence-corrected chi connectivity index (χ2v) is 6.24. The van der Waals surface area contributed by atoms with Crippen LogP contribution in [-0.4, -0.2) is 30.1 Å². The zero-order valence-corrected chi connectivity index (χ0v) is 13.2. The van der Waals surface area contributed by atoms with E-state index in [-0.39, 0.29) is 30.2 Å². The van der Waals surface area contributed by atoms with Gasteiger partial charge < -0.3 is 9.84 Å². The Bertz CT molecular complexity index is 520. The van der Waals surface area contributed by atoms with Crippen molar-refractivity contribution in [3.8, 4) is 0 Å². The minimum Gasteiger partial charge on any atom is -0.469 e. The fourth-order valence-electron chi connectivity index (χ4n) is 3.07. The molecule has 3 atom stereocenters. The fourth-order valence-corrected chi connectivity index (χ4v) is 3.07. The van der Waals surface area contributed by atoms with Crippen molar-refractivity contribution in [2.75, 3.05) is 7.11 Å². The molecule has 1 aliphatic carbocycles. The van der Waals surface area contributed by atoms with E-state index in [1.807, 2.05) is 31.2 Å². The Hall–Kier alpha value is -1.68. The predicted octanol–water partition coefficient (Wildman–Crippen LogP) is 2.45. The first-order valence-corrected chi connectivity index (χ1v) is 7.83. The van der Waals surface area contributed by atoms with Gasteiger partial charge in [-0.1, -0.05) is 29.8 Å². The Kier molecular flexibility index (Phi) is 5.72. The molecule has 0 bridgehead atoms. The fraction of sp³-hybridized carbons (Fsp3) is 0.556. The predicted molar refractivity (Wildman–Crippen MR) is 83.4 cm³/mol. The average Bonchev–Trinajstić information content (AvgIpc) is 2.94. The van der Waals surface area contributed by atoms with E-state index in [9.17, 15) is 14.7 Å². The summed E-state index contributed by atoms with van der Waals surface area (Å²) in [7, 11) is 1.36. The summed E-state index contributed by atoms with van der Waals surface area (Å²) in [6.07, 6.45) is 2.25. The van der Waals surface area contributed by atoms with E-state index < -0.39 is 5.92 Å². The number of methoxy groups -OCH3 is 1. The number of carbonyl (C=O) groups excluding carboxylic acids is 2. The maximum atomic E-state index is 12.3. The van der Waals surface area contributed by atoms with Gasteiger partial charge in [0.2, 0.25) is 0 Å². The van der Waals surface area contributed by atoms with Crippen molar-refractivity contribution in [3.63, 3.8) is 0 Å². The maximum absolute atomic E-state index is 12.3. The number of rotatable bonds is 6. The van der Waals surface area contributed by atoms with Crippen LogP contribution >= 0.6 is 0 Å². The SMILES string of the molecule is COC(=O)[C@@H](CC(=O)[C@@H]1CCC(O)C1)Cc1ccc(C)cc1. The summed E-state index contributed by atoms with van der Waals surface area (Å²) in [5.74, 6) is -0.829. The maximum Gasteiger partial charge on any atom is 0.309 e. The first kappa shape index (κ1) is 16.7. The number of hydrogen-bond acceptors (Lipinski definition) is 4. The lowest BCUT2D eigenvalue weighted by Crippen LogP contribution is -2.25. The number of aryl methyl sites for hydroxylation is 1. The molecule has 0 saturated heterocycles. The number of ketones is 1. The molecule has 0 radical (unpaired) electrons. The van der Waals surface area contributed by atoms with Crippen LogP contribution in [0.3, 0.4) is 0 Å². The highest BCUT2D eigenvalue weighted by atomic mass is 16.5. The van der Waals surface area contributed by atoms with Gasteiger partial charge in [-0.25, -0.2) is 0 Å². The Morgan fingerprint density at radius 2 is 1.95 bits per heavy atom. The molecule has 1 aromatic rings. The van der Waals surface area contributed by atoms with Gasteiger partial charge in [0, 0.05) is 12.3 Å². The van der Waals surface area contributed by atoms with Crippen molar-refractivity contribution in [2.45, 2.75) is 45.1 Å². The Balaban J connectivity index is 2.01. The lowest BCUT2D eigenvalue weighted by atomic mass is 9.89. The van der Waals surface area contributed by atoms with Crippen molar-refractivity contribution in [2.24, 2.45) is 11.8 Å². The molecule has 22 heavy (non-hydrogen) atoms. The second-order valence-electron chi connectivity index (χ2n) is 6.24. The summed E-state index contributed by atoms with van der Waals surface area (Å²) < 4.78 is 4.85. The first-order chi connectivity index (χ1) is 10.5. The highest BCUT2D eigenvalue weighted by Crippen LogP contribution is 2.29. The van der Waals surface area contributed by atoms with E-state index in [1.165, 1.54) is 7.11 Å². The molecule has 1 aliphatic rings. The molecule has 0 spiro atoms. The number of Topliss-reactive ketones (excluding diaryl/α,β-unsaturated/α-hetero) is 1. The van der Waals surface area contributed by atoms with Gasteiger partial charge in [-0.15, -0.1) is 0 Å². The van der Waals surface area contributed by atoms with E-state index in [0.29, 0.717) is 19.3 Å². The summed E-state index contributed by atoms with van der Waals surface area (Å²) in [6.45, 7) is 2.01. The van der Waals surface area contributed by atoms with Gasteiger partial charge in [0.25, 0.3) is 0 Å². The molecule has 1 unspecified atom stereocenters. The van der Waals surface area contributed by atoms with Gasteiger partial charge in [-0.2, -0.15) is 0 Å². The van der Waals surface area contributed by atoms with Crippen LogP contribution in [0, 0.1) is 18.8 Å². The molecule has 0 amide bonds. The number of hydrogen-bond donors (Lipinski definition) is 1. The molecule has 1 N–H and O–H groups in total. The van der Waals surface area contributed by atoms with Crippen LogP contribution in [-0.2, 0) is 20.7 Å². The van der Waals surface area contributed by atoms with Crippen molar-refractivity contribution < 1.29 is 19.4 Å². The first-order valence-electron chi connectivity index (χ1n) is 7.83. The molecule has 0 aliphatic heterocycles. The van der Waals surface area contributed by atoms with Crippen LogP contribution in [0.15, 0.2) is 24.3 Å². The molecule has 1 fully saturated rings. The second kappa shape index (κ2) is 7.54. The van der Waals surface area contributed by atoms with Crippen LogP contribution in [0.25, 0.3) is 0 Å². The average molecular weight is 304 g/mol. The van der Waals surface area contributed by atoms with Crippen LogP contribution in [0.4, 0.5) is 0 Å². The van der Waals surface area contributed by atoms with Crippen molar-refractivity contribution >= 4 is 11.8 Å². The zero-order valence-electron chi connectivity index (χ0n) is 13.2. The summed E-state index contributed by atoms with van der Waals surface area (Å²) in [6, 6.07) is 7.96. The summed E-state index contributed by atoms with van der Waals surface area (Å²) in [5.41, 5.74) is 2.19. The van der Waals surface area contributed by atoms with E-state index >= 15 is 0 Å². The zero-order chi connectivity index (χ0) is 16.1. The molecule has 120 valence electrons. The minimum atomic E-state index is -0.446. The number of carbonyl (C=O) groups is 2. The summed E-state index contributed by atoms with van der Waals surface area (Å²) in [4.78, 5) is 24.3. The summed E-state index contributed by atoms with van der Waals surface area (Å²) >= 11 is 0. The lowest BCUT2D eigenvalue weighted by molar-refractivity contribution is -0.147. The normalized spacial score (nSPS) is 22.3. The van der Waals surface area contributed by atoms with Gasteiger partial charge in [-0.05, 0) is 38.2 Å². The monoisotopic (exact) mass is 304 g/mol. The third-order valence-electron chi connectivity index (χ3n) is 4.45.